The monoisotopic (exact) mass is 225 g/mol. The van der Waals surface area contributed by atoms with Gasteiger partial charge in [-0.3, -0.25) is 0 Å². The van der Waals surface area contributed by atoms with Crippen molar-refractivity contribution < 1.29 is 9.13 Å². The Bertz CT molecular complexity index is 344. The first-order valence-electron chi connectivity index (χ1n) is 5.50. The smallest absolute Gasteiger partial charge is 0.165 e. The van der Waals surface area contributed by atoms with E-state index in [0.29, 0.717) is 5.75 Å². The lowest BCUT2D eigenvalue weighted by Crippen LogP contribution is -2.37. The minimum absolute atomic E-state index is 0.102. The van der Waals surface area contributed by atoms with Crippen molar-refractivity contribution in [3.05, 3.63) is 29.6 Å². The molecule has 0 spiro atoms. The van der Waals surface area contributed by atoms with Crippen molar-refractivity contribution in [2.24, 2.45) is 0 Å². The van der Waals surface area contributed by atoms with E-state index in [0.717, 1.165) is 18.5 Å². The lowest BCUT2D eigenvalue weighted by molar-refractivity contribution is 0.386. The zero-order chi connectivity index (χ0) is 12.2. The van der Waals surface area contributed by atoms with Crippen LogP contribution in [0.25, 0.3) is 0 Å². The molecule has 0 aromatic heterocycles. The van der Waals surface area contributed by atoms with Crippen LogP contribution in [0.15, 0.2) is 18.2 Å². The number of rotatable bonds is 4. The highest BCUT2D eigenvalue weighted by Gasteiger charge is 2.08. The fourth-order valence-corrected chi connectivity index (χ4v) is 1.45. The van der Waals surface area contributed by atoms with Crippen LogP contribution in [0, 0.1) is 5.82 Å². The van der Waals surface area contributed by atoms with Crippen LogP contribution in [0.2, 0.25) is 0 Å². The molecule has 90 valence electrons. The highest BCUT2D eigenvalue weighted by atomic mass is 19.1. The van der Waals surface area contributed by atoms with Crippen LogP contribution in [-0.2, 0) is 6.42 Å². The second kappa shape index (κ2) is 5.30. The molecular formula is C13H20FNO. The van der Waals surface area contributed by atoms with E-state index >= 15 is 0 Å². The number of hydrogen-bond acceptors (Lipinski definition) is 2. The van der Waals surface area contributed by atoms with E-state index in [1.807, 2.05) is 6.07 Å². The van der Waals surface area contributed by atoms with Crippen molar-refractivity contribution in [1.29, 1.82) is 0 Å². The summed E-state index contributed by atoms with van der Waals surface area (Å²) in [5, 5.41) is 3.36. The van der Waals surface area contributed by atoms with Crippen molar-refractivity contribution in [3.8, 4) is 5.75 Å². The molecule has 1 N–H and O–H groups in total. The molecule has 3 heteroatoms. The van der Waals surface area contributed by atoms with E-state index in [2.05, 4.69) is 26.1 Å². The molecule has 0 radical (unpaired) electrons. The van der Waals surface area contributed by atoms with Gasteiger partial charge in [-0.25, -0.2) is 4.39 Å². The van der Waals surface area contributed by atoms with E-state index in [9.17, 15) is 4.39 Å². The summed E-state index contributed by atoms with van der Waals surface area (Å²) in [6.07, 6.45) is 0.818. The molecule has 0 aliphatic heterocycles. The van der Waals surface area contributed by atoms with Gasteiger partial charge in [0.1, 0.15) is 0 Å². The first kappa shape index (κ1) is 13.0. The highest BCUT2D eigenvalue weighted by Crippen LogP contribution is 2.17. The molecule has 0 atom stereocenters. The van der Waals surface area contributed by atoms with Crippen LogP contribution in [0.4, 0.5) is 4.39 Å². The van der Waals surface area contributed by atoms with Gasteiger partial charge in [-0.05, 0) is 51.4 Å². The van der Waals surface area contributed by atoms with Crippen molar-refractivity contribution in [2.45, 2.75) is 32.7 Å². The van der Waals surface area contributed by atoms with Crippen LogP contribution < -0.4 is 10.1 Å². The van der Waals surface area contributed by atoms with Crippen LogP contribution >= 0.6 is 0 Å². The van der Waals surface area contributed by atoms with E-state index in [1.54, 1.807) is 6.07 Å². The maximum Gasteiger partial charge on any atom is 0.165 e. The molecule has 0 unspecified atom stereocenters. The van der Waals surface area contributed by atoms with E-state index in [4.69, 9.17) is 4.74 Å². The number of nitrogens with one attached hydrogen (secondary N) is 1. The minimum Gasteiger partial charge on any atom is -0.494 e. The van der Waals surface area contributed by atoms with Gasteiger partial charge < -0.3 is 10.1 Å². The summed E-state index contributed by atoms with van der Waals surface area (Å²) in [4.78, 5) is 0. The number of halogens is 1. The Hall–Kier alpha value is -1.09. The Morgan fingerprint density at radius 3 is 2.50 bits per heavy atom. The summed E-state index contributed by atoms with van der Waals surface area (Å²) >= 11 is 0. The molecule has 1 aromatic rings. The lowest BCUT2D eigenvalue weighted by Gasteiger charge is -2.20. The zero-order valence-electron chi connectivity index (χ0n) is 10.4. The number of hydrogen-bond donors (Lipinski definition) is 1. The Morgan fingerprint density at radius 1 is 1.31 bits per heavy atom. The van der Waals surface area contributed by atoms with Crippen molar-refractivity contribution in [3.63, 3.8) is 0 Å². The van der Waals surface area contributed by atoms with Crippen LogP contribution in [-0.4, -0.2) is 19.2 Å². The summed E-state index contributed by atoms with van der Waals surface area (Å²) in [5.74, 6) is 0.00305. The van der Waals surface area contributed by atoms with E-state index < -0.39 is 0 Å². The normalized spacial score (nSPS) is 11.6. The standard InChI is InChI=1S/C13H20FNO/c1-13(2,3)15-8-7-10-5-6-12(16-4)11(14)9-10/h5-6,9,15H,7-8H2,1-4H3. The first-order valence-corrected chi connectivity index (χ1v) is 5.50. The van der Waals surface area contributed by atoms with Crippen LogP contribution in [0.3, 0.4) is 0 Å². The predicted molar refractivity (Wildman–Crippen MR) is 64.4 cm³/mol. The Balaban J connectivity index is 2.52. The molecule has 0 saturated carbocycles. The highest BCUT2D eigenvalue weighted by molar-refractivity contribution is 5.29. The maximum absolute atomic E-state index is 13.4. The molecule has 0 heterocycles. The minimum atomic E-state index is -0.296. The van der Waals surface area contributed by atoms with Crippen molar-refractivity contribution in [2.75, 3.05) is 13.7 Å². The van der Waals surface area contributed by atoms with Crippen LogP contribution in [0.5, 0.6) is 5.75 Å². The molecule has 16 heavy (non-hydrogen) atoms. The lowest BCUT2D eigenvalue weighted by atomic mass is 10.1. The third-order valence-electron chi connectivity index (χ3n) is 2.29. The van der Waals surface area contributed by atoms with Gasteiger partial charge >= 0.3 is 0 Å². The Morgan fingerprint density at radius 2 is 2.00 bits per heavy atom. The molecule has 0 aliphatic carbocycles. The summed E-state index contributed by atoms with van der Waals surface area (Å²) in [7, 11) is 1.47. The van der Waals surface area contributed by atoms with Gasteiger partial charge in [-0.15, -0.1) is 0 Å². The van der Waals surface area contributed by atoms with E-state index in [1.165, 1.54) is 13.2 Å². The molecule has 0 saturated heterocycles. The third kappa shape index (κ3) is 4.19. The van der Waals surface area contributed by atoms with E-state index in [-0.39, 0.29) is 11.4 Å². The fraction of sp³-hybridized carbons (Fsp3) is 0.538. The largest absolute Gasteiger partial charge is 0.494 e. The molecule has 2 nitrogen and oxygen atoms in total. The zero-order valence-corrected chi connectivity index (χ0v) is 10.4. The third-order valence-corrected chi connectivity index (χ3v) is 2.29. The number of methoxy groups -OCH3 is 1. The molecule has 0 amide bonds. The molecule has 1 aromatic carbocycles. The average molecular weight is 225 g/mol. The summed E-state index contributed by atoms with van der Waals surface area (Å²) < 4.78 is 18.2. The summed E-state index contributed by atoms with van der Waals surface area (Å²) in [5.41, 5.74) is 1.08. The SMILES string of the molecule is COc1ccc(CCNC(C)(C)C)cc1F. The van der Waals surface area contributed by atoms with Gasteiger partial charge in [0.25, 0.3) is 0 Å². The number of ether oxygens (including phenoxy) is 1. The number of benzene rings is 1. The fourth-order valence-electron chi connectivity index (χ4n) is 1.45. The van der Waals surface area contributed by atoms with Gasteiger partial charge in [-0.1, -0.05) is 6.07 Å². The first-order chi connectivity index (χ1) is 7.42. The second-order valence-electron chi connectivity index (χ2n) is 4.90. The van der Waals surface area contributed by atoms with Crippen molar-refractivity contribution >= 4 is 0 Å². The summed E-state index contributed by atoms with van der Waals surface area (Å²) in [6.45, 7) is 7.18. The van der Waals surface area contributed by atoms with Crippen LogP contribution in [0.1, 0.15) is 26.3 Å². The summed E-state index contributed by atoms with van der Waals surface area (Å²) in [6, 6.07) is 5.09. The maximum atomic E-state index is 13.4. The van der Waals surface area contributed by atoms with Crippen molar-refractivity contribution in [1.82, 2.24) is 5.32 Å². The molecule has 1 rings (SSSR count). The Labute approximate surface area is 96.8 Å². The quantitative estimate of drug-likeness (QED) is 0.850. The topological polar surface area (TPSA) is 21.3 Å². The van der Waals surface area contributed by atoms with Gasteiger partial charge in [0.15, 0.2) is 11.6 Å². The molecule has 0 aliphatic rings. The van der Waals surface area contributed by atoms with Gasteiger partial charge in [-0.2, -0.15) is 0 Å². The Kier molecular flexibility index (Phi) is 4.30. The second-order valence-corrected chi connectivity index (χ2v) is 4.90. The molecule has 0 bridgehead atoms. The van der Waals surface area contributed by atoms with Gasteiger partial charge in [0.05, 0.1) is 7.11 Å². The molecular weight excluding hydrogens is 205 g/mol. The van der Waals surface area contributed by atoms with Gasteiger partial charge in [0.2, 0.25) is 0 Å². The predicted octanol–water partition coefficient (Wildman–Crippen LogP) is 2.76. The van der Waals surface area contributed by atoms with Gasteiger partial charge in [0, 0.05) is 5.54 Å². The average Bonchev–Trinajstić information content (AvgIpc) is 2.16. The molecule has 0 fully saturated rings.